The number of aliphatic hydroxyl groups is 1. The molecule has 3 rings (SSSR count). The zero-order valence-electron chi connectivity index (χ0n) is 14.8. The molecule has 10 heteroatoms. The molecular formula is C16H25N5O4S. The molecule has 1 aromatic rings. The number of aryl methyl sites for hydroxylation is 1. The number of thioether (sulfide) groups is 1. The van der Waals surface area contributed by atoms with E-state index in [1.54, 1.807) is 22.8 Å². The van der Waals surface area contributed by atoms with Gasteiger partial charge in [0.2, 0.25) is 5.91 Å². The number of β-lactam (4-membered cyclic amide) rings is 1. The van der Waals surface area contributed by atoms with Gasteiger partial charge in [-0.25, -0.2) is 4.68 Å². The van der Waals surface area contributed by atoms with Crippen molar-refractivity contribution in [2.45, 2.75) is 68.2 Å². The van der Waals surface area contributed by atoms with Crippen molar-refractivity contribution in [2.75, 3.05) is 6.54 Å². The van der Waals surface area contributed by atoms with Crippen molar-refractivity contribution in [3.8, 4) is 0 Å². The lowest BCUT2D eigenvalue weighted by molar-refractivity contribution is -0.156. The molecule has 1 amide bonds. The van der Waals surface area contributed by atoms with Crippen molar-refractivity contribution in [1.82, 2.24) is 25.1 Å². The molecule has 26 heavy (non-hydrogen) atoms. The van der Waals surface area contributed by atoms with Gasteiger partial charge in [0.15, 0.2) is 0 Å². The third-order valence-electron chi connectivity index (χ3n) is 5.22. The van der Waals surface area contributed by atoms with E-state index in [2.05, 4.69) is 15.5 Å². The molecule has 144 valence electrons. The lowest BCUT2D eigenvalue weighted by atomic mass is 9.91. The number of hydrogen-bond donors (Lipinski definition) is 2. The highest BCUT2D eigenvalue weighted by Gasteiger charge is 2.62. The Balaban J connectivity index is 1.41. The first-order chi connectivity index (χ1) is 12.4. The quantitative estimate of drug-likeness (QED) is 0.448. The minimum Gasteiger partial charge on any atom is -0.480 e. The maximum Gasteiger partial charge on any atom is 0.321 e. The lowest BCUT2D eigenvalue weighted by Gasteiger charge is -2.42. The molecule has 3 heterocycles. The van der Waals surface area contributed by atoms with E-state index in [1.165, 1.54) is 11.8 Å². The predicted molar refractivity (Wildman–Crippen MR) is 94.1 cm³/mol. The number of rotatable bonds is 10. The van der Waals surface area contributed by atoms with Crippen LogP contribution in [0, 0.1) is 5.92 Å². The Hall–Kier alpha value is -1.68. The average molecular weight is 383 g/mol. The smallest absolute Gasteiger partial charge is 0.321 e. The Morgan fingerprint density at radius 3 is 2.77 bits per heavy atom. The normalized spacial score (nSPS) is 28.7. The standard InChI is InChI=1S/C16H25N5O4S/c1-11(22)12-13(23)21-9-16(15(24)25,26-14(12)21)7-5-3-2-4-6-8-20-10-17-18-19-20/h10-12,14,22H,2-9H2,1H3,(H,24,25)/t11-,12+,14-,16?/m1/s1. The first kappa shape index (κ1) is 19.1. The van der Waals surface area contributed by atoms with E-state index in [0.717, 1.165) is 38.6 Å². The third-order valence-corrected chi connectivity index (χ3v) is 6.97. The van der Waals surface area contributed by atoms with Crippen molar-refractivity contribution in [2.24, 2.45) is 5.92 Å². The van der Waals surface area contributed by atoms with Crippen LogP contribution in [0.5, 0.6) is 0 Å². The fourth-order valence-corrected chi connectivity index (χ4v) is 5.54. The molecule has 1 aromatic heterocycles. The van der Waals surface area contributed by atoms with E-state index in [4.69, 9.17) is 0 Å². The van der Waals surface area contributed by atoms with E-state index in [0.29, 0.717) is 6.42 Å². The largest absolute Gasteiger partial charge is 0.480 e. The fraction of sp³-hybridized carbons (Fsp3) is 0.812. The van der Waals surface area contributed by atoms with Gasteiger partial charge in [-0.2, -0.15) is 0 Å². The molecule has 2 N–H and O–H groups in total. The maximum atomic E-state index is 12.1. The van der Waals surface area contributed by atoms with Crippen LogP contribution >= 0.6 is 11.8 Å². The number of aromatic nitrogens is 4. The van der Waals surface area contributed by atoms with Gasteiger partial charge >= 0.3 is 5.97 Å². The molecule has 2 aliphatic rings. The molecule has 0 saturated carbocycles. The number of tetrazole rings is 1. The van der Waals surface area contributed by atoms with Crippen LogP contribution in [0.1, 0.15) is 45.4 Å². The van der Waals surface area contributed by atoms with Gasteiger partial charge < -0.3 is 15.1 Å². The van der Waals surface area contributed by atoms with Gasteiger partial charge in [0, 0.05) is 13.1 Å². The van der Waals surface area contributed by atoms with Crippen LogP contribution in [0.4, 0.5) is 0 Å². The Morgan fingerprint density at radius 2 is 2.12 bits per heavy atom. The molecule has 2 fully saturated rings. The van der Waals surface area contributed by atoms with Crippen LogP contribution in [0.2, 0.25) is 0 Å². The molecule has 1 unspecified atom stereocenters. The first-order valence-corrected chi connectivity index (χ1v) is 9.93. The molecule has 0 aliphatic carbocycles. The van der Waals surface area contributed by atoms with Gasteiger partial charge in [0.1, 0.15) is 11.1 Å². The number of nitrogens with zero attached hydrogens (tertiary/aromatic N) is 5. The number of aliphatic hydroxyl groups excluding tert-OH is 1. The predicted octanol–water partition coefficient (Wildman–Crippen LogP) is 0.749. The highest BCUT2D eigenvalue weighted by Crippen LogP contribution is 2.52. The van der Waals surface area contributed by atoms with Gasteiger partial charge in [-0.05, 0) is 30.2 Å². The number of carboxylic acid groups (broad SMARTS) is 1. The number of carbonyl (C=O) groups excluding carboxylic acids is 1. The number of hydrogen-bond acceptors (Lipinski definition) is 7. The van der Waals surface area contributed by atoms with Crippen LogP contribution < -0.4 is 0 Å². The molecule has 2 saturated heterocycles. The van der Waals surface area contributed by atoms with Gasteiger partial charge in [0.25, 0.3) is 0 Å². The lowest BCUT2D eigenvalue weighted by Crippen LogP contribution is -2.60. The highest BCUT2D eigenvalue weighted by atomic mass is 32.2. The Bertz CT molecular complexity index is 641. The number of unbranched alkanes of at least 4 members (excludes halogenated alkanes) is 4. The summed E-state index contributed by atoms with van der Waals surface area (Å²) in [5.41, 5.74) is 0. The molecule has 2 aliphatic heterocycles. The average Bonchev–Trinajstić information content (AvgIpc) is 3.20. The topological polar surface area (TPSA) is 121 Å². The van der Waals surface area contributed by atoms with Crippen LogP contribution in [-0.4, -0.2) is 70.0 Å². The number of carbonyl (C=O) groups is 2. The number of fused-ring (bicyclic) bond motifs is 1. The van der Waals surface area contributed by atoms with Crippen LogP contribution in [0.15, 0.2) is 6.33 Å². The van der Waals surface area contributed by atoms with E-state index in [9.17, 15) is 19.8 Å². The monoisotopic (exact) mass is 383 g/mol. The van der Waals surface area contributed by atoms with Crippen molar-refractivity contribution in [3.63, 3.8) is 0 Å². The minimum atomic E-state index is -0.934. The molecule has 9 nitrogen and oxygen atoms in total. The van der Waals surface area contributed by atoms with Crippen LogP contribution in [0.3, 0.4) is 0 Å². The summed E-state index contributed by atoms with van der Waals surface area (Å²) in [5, 5.41) is 30.3. The van der Waals surface area contributed by atoms with Crippen molar-refractivity contribution in [3.05, 3.63) is 6.33 Å². The van der Waals surface area contributed by atoms with Crippen molar-refractivity contribution >= 4 is 23.6 Å². The summed E-state index contributed by atoms with van der Waals surface area (Å²) in [5.74, 6) is -1.44. The van der Waals surface area contributed by atoms with E-state index < -0.39 is 22.7 Å². The zero-order valence-corrected chi connectivity index (χ0v) is 15.6. The van der Waals surface area contributed by atoms with Gasteiger partial charge in [-0.3, -0.25) is 9.59 Å². The summed E-state index contributed by atoms with van der Waals surface area (Å²) in [6.07, 6.45) is 6.26. The minimum absolute atomic E-state index is 0.122. The Morgan fingerprint density at radius 1 is 1.38 bits per heavy atom. The van der Waals surface area contributed by atoms with Crippen LogP contribution in [-0.2, 0) is 16.1 Å². The molecular weight excluding hydrogens is 358 g/mol. The van der Waals surface area contributed by atoms with Gasteiger partial charge in [0.05, 0.1) is 17.4 Å². The summed E-state index contributed by atoms with van der Waals surface area (Å²) < 4.78 is 0.769. The Labute approximate surface area is 156 Å². The maximum absolute atomic E-state index is 12.1. The number of amides is 1. The fourth-order valence-electron chi connectivity index (χ4n) is 3.70. The van der Waals surface area contributed by atoms with Gasteiger partial charge in [-0.1, -0.05) is 25.7 Å². The summed E-state index contributed by atoms with van der Waals surface area (Å²) in [4.78, 5) is 25.6. The SMILES string of the molecule is C[C@@H](O)[C@H]1C(=O)N2CC(CCCCCCCn3cnnn3)(C(=O)O)S[C@H]12. The Kier molecular flexibility index (Phi) is 5.81. The third kappa shape index (κ3) is 3.71. The van der Waals surface area contributed by atoms with E-state index in [1.807, 2.05) is 0 Å². The molecule has 4 atom stereocenters. The second kappa shape index (κ2) is 7.91. The second-order valence-corrected chi connectivity index (χ2v) is 8.63. The first-order valence-electron chi connectivity index (χ1n) is 9.05. The molecule has 0 bridgehead atoms. The summed E-state index contributed by atoms with van der Waals surface area (Å²) in [6.45, 7) is 2.64. The summed E-state index contributed by atoms with van der Waals surface area (Å²) >= 11 is 1.34. The van der Waals surface area contributed by atoms with E-state index in [-0.39, 0.29) is 17.8 Å². The van der Waals surface area contributed by atoms with E-state index >= 15 is 0 Å². The van der Waals surface area contributed by atoms with Crippen LogP contribution in [0.25, 0.3) is 0 Å². The second-order valence-electron chi connectivity index (χ2n) is 7.13. The summed E-state index contributed by atoms with van der Waals surface area (Å²) in [6, 6.07) is 0. The molecule has 0 spiro atoms. The van der Waals surface area contributed by atoms with Crippen molar-refractivity contribution in [1.29, 1.82) is 0 Å². The molecule has 0 aromatic carbocycles. The van der Waals surface area contributed by atoms with Crippen molar-refractivity contribution < 1.29 is 19.8 Å². The number of carboxylic acids is 1. The highest BCUT2D eigenvalue weighted by molar-refractivity contribution is 8.02. The zero-order chi connectivity index (χ0) is 18.7. The number of aliphatic carboxylic acids is 1. The van der Waals surface area contributed by atoms with Gasteiger partial charge in [-0.15, -0.1) is 16.9 Å². The summed E-state index contributed by atoms with van der Waals surface area (Å²) in [7, 11) is 0. The molecule has 0 radical (unpaired) electrons.